The van der Waals surface area contributed by atoms with Crippen molar-refractivity contribution in [2.45, 2.75) is 45.1 Å². The fourth-order valence-electron chi connectivity index (χ4n) is 4.23. The summed E-state index contributed by atoms with van der Waals surface area (Å²) in [5, 5.41) is 6.82. The van der Waals surface area contributed by atoms with Crippen LogP contribution in [0, 0.1) is 0 Å². The molecule has 1 aromatic carbocycles. The highest BCUT2D eigenvalue weighted by Gasteiger charge is 2.16. The normalized spacial score (nSPS) is 19.4. The molecule has 7 nitrogen and oxygen atoms in total. The third-order valence-electron chi connectivity index (χ3n) is 6.08. The summed E-state index contributed by atoms with van der Waals surface area (Å²) >= 11 is 0. The second-order valence-electron chi connectivity index (χ2n) is 8.62. The summed E-state index contributed by atoms with van der Waals surface area (Å²) in [7, 11) is 0. The summed E-state index contributed by atoms with van der Waals surface area (Å²) in [5.74, 6) is 0.920. The van der Waals surface area contributed by atoms with E-state index < -0.39 is 0 Å². The van der Waals surface area contributed by atoms with Crippen LogP contribution in [0.2, 0.25) is 0 Å². The first kappa shape index (κ1) is 28.1. The Hall–Kier alpha value is -1.10. The molecule has 2 fully saturated rings. The number of para-hydroxylation sites is 1. The number of unbranched alkanes of at least 4 members (excludes halogenated alkanes) is 1. The summed E-state index contributed by atoms with van der Waals surface area (Å²) in [4.78, 5) is 9.76. The van der Waals surface area contributed by atoms with Crippen molar-refractivity contribution in [1.82, 2.24) is 15.5 Å². The number of nitrogens with zero attached hydrogens (tertiary/aromatic N) is 3. The Bertz CT molecular complexity index is 635. The van der Waals surface area contributed by atoms with Gasteiger partial charge < -0.3 is 25.0 Å². The summed E-state index contributed by atoms with van der Waals surface area (Å²) in [6.45, 7) is 12.8. The molecule has 2 N–H and O–H groups in total. The third kappa shape index (κ3) is 11.2. The quantitative estimate of drug-likeness (QED) is 0.164. The molecule has 2 heterocycles. The largest absolute Gasteiger partial charge is 0.379 e. The van der Waals surface area contributed by atoms with Crippen LogP contribution in [-0.2, 0) is 9.47 Å². The Kier molecular flexibility index (Phi) is 14.8. The molecule has 0 saturated carbocycles. The van der Waals surface area contributed by atoms with E-state index in [4.69, 9.17) is 9.47 Å². The van der Waals surface area contributed by atoms with Gasteiger partial charge in [0.25, 0.3) is 0 Å². The van der Waals surface area contributed by atoms with E-state index in [1.54, 1.807) is 0 Å². The third-order valence-corrected chi connectivity index (χ3v) is 6.08. The first-order valence-corrected chi connectivity index (χ1v) is 12.6. The number of rotatable bonds is 13. The Morgan fingerprint density at radius 2 is 1.91 bits per heavy atom. The molecule has 3 rings (SSSR count). The van der Waals surface area contributed by atoms with Gasteiger partial charge >= 0.3 is 0 Å². The topological polar surface area (TPSA) is 61.4 Å². The smallest absolute Gasteiger partial charge is 0.191 e. The number of benzene rings is 1. The zero-order valence-electron chi connectivity index (χ0n) is 20.3. The molecule has 1 unspecified atom stereocenters. The van der Waals surface area contributed by atoms with Crippen LogP contribution in [0.4, 0.5) is 5.69 Å². The standard InChI is InChI=1S/C25H43N5O2.HI/c1-2-26-25(28-14-9-20-31-22-24-12-8-21-32-24)27-13-6-7-15-29-16-18-30(19-17-29)23-10-4-3-5-11-23;/h3-5,10-11,24H,2,6-9,12-22H2,1H3,(H2,26,27,28);1H. The fourth-order valence-corrected chi connectivity index (χ4v) is 4.23. The molecule has 0 spiro atoms. The first-order chi connectivity index (χ1) is 15.8. The molecule has 0 aromatic heterocycles. The van der Waals surface area contributed by atoms with Gasteiger partial charge in [-0.3, -0.25) is 9.89 Å². The van der Waals surface area contributed by atoms with E-state index in [1.165, 1.54) is 25.1 Å². The number of nitrogens with one attached hydrogen (secondary N) is 2. The minimum Gasteiger partial charge on any atom is -0.379 e. The predicted molar refractivity (Wildman–Crippen MR) is 148 cm³/mol. The zero-order chi connectivity index (χ0) is 22.3. The molecule has 0 amide bonds. The maximum absolute atomic E-state index is 5.72. The van der Waals surface area contributed by atoms with Crippen molar-refractivity contribution in [3.63, 3.8) is 0 Å². The summed E-state index contributed by atoms with van der Waals surface area (Å²) in [5.41, 5.74) is 1.35. The Labute approximate surface area is 217 Å². The van der Waals surface area contributed by atoms with Crippen LogP contribution in [0.25, 0.3) is 0 Å². The van der Waals surface area contributed by atoms with Crippen LogP contribution in [0.5, 0.6) is 0 Å². The minimum absolute atomic E-state index is 0. The van der Waals surface area contributed by atoms with Gasteiger partial charge in [0.1, 0.15) is 0 Å². The number of piperazine rings is 1. The van der Waals surface area contributed by atoms with E-state index in [0.717, 1.165) is 90.9 Å². The summed E-state index contributed by atoms with van der Waals surface area (Å²) in [6.07, 6.45) is 5.93. The van der Waals surface area contributed by atoms with Crippen LogP contribution < -0.4 is 15.5 Å². The number of anilines is 1. The van der Waals surface area contributed by atoms with Gasteiger partial charge in [-0.1, -0.05) is 18.2 Å². The molecule has 2 saturated heterocycles. The highest BCUT2D eigenvalue weighted by atomic mass is 127. The van der Waals surface area contributed by atoms with E-state index in [2.05, 4.69) is 62.7 Å². The van der Waals surface area contributed by atoms with Gasteiger partial charge in [-0.05, 0) is 57.7 Å². The van der Waals surface area contributed by atoms with Crippen molar-refractivity contribution in [1.29, 1.82) is 0 Å². The van der Waals surface area contributed by atoms with Gasteiger partial charge in [-0.15, -0.1) is 24.0 Å². The van der Waals surface area contributed by atoms with Crippen molar-refractivity contribution in [2.75, 3.05) is 77.1 Å². The Balaban J connectivity index is 0.00000385. The highest BCUT2D eigenvalue weighted by Crippen LogP contribution is 2.15. The molecule has 1 atom stereocenters. The first-order valence-electron chi connectivity index (χ1n) is 12.6. The molecule has 8 heteroatoms. The summed E-state index contributed by atoms with van der Waals surface area (Å²) in [6, 6.07) is 10.8. The van der Waals surface area contributed by atoms with Crippen molar-refractivity contribution < 1.29 is 9.47 Å². The van der Waals surface area contributed by atoms with E-state index in [9.17, 15) is 0 Å². The fraction of sp³-hybridized carbons (Fsp3) is 0.720. The van der Waals surface area contributed by atoms with Gasteiger partial charge in [-0.2, -0.15) is 0 Å². The number of hydrogen-bond donors (Lipinski definition) is 2. The zero-order valence-corrected chi connectivity index (χ0v) is 22.7. The molecule has 0 bridgehead atoms. The van der Waals surface area contributed by atoms with E-state index in [1.807, 2.05) is 0 Å². The Morgan fingerprint density at radius 3 is 2.64 bits per heavy atom. The molecule has 2 aliphatic heterocycles. The van der Waals surface area contributed by atoms with Gasteiger partial charge in [-0.25, -0.2) is 0 Å². The van der Waals surface area contributed by atoms with Gasteiger partial charge in [0, 0.05) is 64.7 Å². The molecule has 1 aromatic rings. The van der Waals surface area contributed by atoms with Gasteiger partial charge in [0.2, 0.25) is 0 Å². The monoisotopic (exact) mass is 573 g/mol. The molecule has 188 valence electrons. The second-order valence-corrected chi connectivity index (χ2v) is 8.62. The number of hydrogen-bond acceptors (Lipinski definition) is 5. The van der Waals surface area contributed by atoms with E-state index in [-0.39, 0.29) is 24.0 Å². The van der Waals surface area contributed by atoms with Gasteiger partial charge in [0.15, 0.2) is 5.96 Å². The maximum Gasteiger partial charge on any atom is 0.191 e. The maximum atomic E-state index is 5.72. The lowest BCUT2D eigenvalue weighted by molar-refractivity contribution is 0.0171. The number of aliphatic imine (C=N–C) groups is 1. The van der Waals surface area contributed by atoms with Crippen LogP contribution in [-0.4, -0.2) is 89.1 Å². The van der Waals surface area contributed by atoms with Crippen molar-refractivity contribution in [3.05, 3.63) is 30.3 Å². The molecular formula is C25H44IN5O2. The average molecular weight is 574 g/mol. The number of ether oxygens (including phenoxy) is 2. The van der Waals surface area contributed by atoms with Crippen molar-refractivity contribution in [3.8, 4) is 0 Å². The molecule has 0 radical (unpaired) electrons. The van der Waals surface area contributed by atoms with Crippen molar-refractivity contribution >= 4 is 35.6 Å². The molecular weight excluding hydrogens is 529 g/mol. The number of halogens is 1. The van der Waals surface area contributed by atoms with E-state index >= 15 is 0 Å². The lowest BCUT2D eigenvalue weighted by atomic mass is 10.2. The summed E-state index contributed by atoms with van der Waals surface area (Å²) < 4.78 is 11.3. The van der Waals surface area contributed by atoms with E-state index in [0.29, 0.717) is 6.10 Å². The van der Waals surface area contributed by atoms with Crippen LogP contribution >= 0.6 is 24.0 Å². The highest BCUT2D eigenvalue weighted by molar-refractivity contribution is 14.0. The lowest BCUT2D eigenvalue weighted by Gasteiger charge is -2.36. The second kappa shape index (κ2) is 17.4. The van der Waals surface area contributed by atoms with Crippen LogP contribution in [0.1, 0.15) is 39.0 Å². The molecule has 0 aliphatic carbocycles. The van der Waals surface area contributed by atoms with Gasteiger partial charge in [0.05, 0.1) is 12.7 Å². The lowest BCUT2D eigenvalue weighted by Crippen LogP contribution is -2.46. The predicted octanol–water partition coefficient (Wildman–Crippen LogP) is 3.35. The Morgan fingerprint density at radius 1 is 1.09 bits per heavy atom. The van der Waals surface area contributed by atoms with Crippen LogP contribution in [0.3, 0.4) is 0 Å². The molecule has 2 aliphatic rings. The average Bonchev–Trinajstić information content (AvgIpc) is 3.35. The van der Waals surface area contributed by atoms with Crippen LogP contribution in [0.15, 0.2) is 35.3 Å². The van der Waals surface area contributed by atoms with Crippen molar-refractivity contribution in [2.24, 2.45) is 4.99 Å². The SMILES string of the molecule is CCNC(=NCCCOCC1CCCO1)NCCCCN1CCN(c2ccccc2)CC1.I. The number of guanidine groups is 1. The minimum atomic E-state index is 0. The molecule has 33 heavy (non-hydrogen) atoms.